The Hall–Kier alpha value is 0.230. The molecule has 2 aliphatic rings. The molecule has 0 unspecified atom stereocenters. The maximum Gasteiger partial charge on any atom is 0.0834 e. The van der Waals surface area contributed by atoms with Gasteiger partial charge in [0.1, 0.15) is 0 Å². The highest BCUT2D eigenvalue weighted by molar-refractivity contribution is 7.96. The van der Waals surface area contributed by atoms with E-state index in [1.54, 1.807) is 0 Å². The summed E-state index contributed by atoms with van der Waals surface area (Å²) in [7, 11) is 2.20. The van der Waals surface area contributed by atoms with E-state index in [1.165, 1.54) is 25.9 Å². The van der Waals surface area contributed by atoms with Gasteiger partial charge >= 0.3 is 0 Å². The van der Waals surface area contributed by atoms with Gasteiger partial charge in [-0.15, -0.1) is 0 Å². The number of piperidine rings is 1. The second-order valence-corrected chi connectivity index (χ2v) is 5.26. The summed E-state index contributed by atoms with van der Waals surface area (Å²) in [5, 5.41) is 0. The quantitative estimate of drug-likeness (QED) is 0.609. The second kappa shape index (κ2) is 4.39. The molecule has 0 N–H and O–H groups in total. The second-order valence-electron chi connectivity index (χ2n) is 4.38. The van der Waals surface area contributed by atoms with Crippen molar-refractivity contribution < 1.29 is 4.74 Å². The molecule has 0 atom stereocenters. The lowest BCUT2D eigenvalue weighted by molar-refractivity contribution is -0.123. The Balaban J connectivity index is 1.91. The van der Waals surface area contributed by atoms with E-state index in [-0.39, 0.29) is 5.60 Å². The molecule has 0 amide bonds. The summed E-state index contributed by atoms with van der Waals surface area (Å²) in [5.74, 6) is 0. The monoisotopic (exact) mass is 216 g/mol. The van der Waals surface area contributed by atoms with Gasteiger partial charge in [0.05, 0.1) is 12.2 Å². The molecule has 0 radical (unpaired) electrons. The molecule has 4 heteroatoms. The van der Waals surface area contributed by atoms with E-state index in [9.17, 15) is 0 Å². The van der Waals surface area contributed by atoms with Crippen LogP contribution in [-0.4, -0.2) is 60.9 Å². The van der Waals surface area contributed by atoms with Crippen molar-refractivity contribution in [3.63, 3.8) is 0 Å². The van der Waals surface area contributed by atoms with Crippen LogP contribution in [0.15, 0.2) is 0 Å². The van der Waals surface area contributed by atoms with Crippen molar-refractivity contribution in [3.05, 3.63) is 0 Å². The Morgan fingerprint density at radius 1 is 1.21 bits per heavy atom. The zero-order valence-corrected chi connectivity index (χ0v) is 9.98. The van der Waals surface area contributed by atoms with E-state index in [1.807, 2.05) is 11.9 Å². The Morgan fingerprint density at radius 3 is 2.50 bits per heavy atom. The number of morpholine rings is 1. The maximum absolute atomic E-state index is 5.99. The molecule has 2 rings (SSSR count). The van der Waals surface area contributed by atoms with E-state index < -0.39 is 0 Å². The lowest BCUT2D eigenvalue weighted by Gasteiger charge is -2.46. The minimum atomic E-state index is 0.180. The van der Waals surface area contributed by atoms with Gasteiger partial charge in [0.15, 0.2) is 0 Å². The molecular formula is C10H20N2OS. The number of ether oxygens (including phenoxy) is 1. The molecule has 2 heterocycles. The molecule has 2 aliphatic heterocycles. The van der Waals surface area contributed by atoms with Crippen LogP contribution in [0.5, 0.6) is 0 Å². The molecule has 0 aromatic carbocycles. The van der Waals surface area contributed by atoms with Gasteiger partial charge in [-0.3, -0.25) is 4.31 Å². The molecule has 0 aromatic rings. The lowest BCUT2D eigenvalue weighted by Crippen LogP contribution is -2.55. The highest BCUT2D eigenvalue weighted by atomic mass is 32.2. The Labute approximate surface area is 90.9 Å². The van der Waals surface area contributed by atoms with Gasteiger partial charge in [-0.1, -0.05) is 11.9 Å². The summed E-state index contributed by atoms with van der Waals surface area (Å²) in [6.07, 6.45) is 4.54. The van der Waals surface area contributed by atoms with Crippen LogP contribution in [-0.2, 0) is 4.74 Å². The van der Waals surface area contributed by atoms with Gasteiger partial charge in [0.2, 0.25) is 0 Å². The average molecular weight is 216 g/mol. The highest BCUT2D eigenvalue weighted by Gasteiger charge is 2.38. The number of nitrogens with zero attached hydrogens (tertiary/aromatic N) is 2. The normalized spacial score (nSPS) is 29.6. The fraction of sp³-hybridized carbons (Fsp3) is 1.00. The molecule has 0 aromatic heterocycles. The summed E-state index contributed by atoms with van der Waals surface area (Å²) >= 11 is 1.86. The average Bonchev–Trinajstić information content (AvgIpc) is 2.19. The van der Waals surface area contributed by atoms with Crippen LogP contribution in [0.3, 0.4) is 0 Å². The fourth-order valence-corrected chi connectivity index (χ4v) is 2.96. The summed E-state index contributed by atoms with van der Waals surface area (Å²) in [6.45, 7) is 5.48. The third-order valence-corrected chi connectivity index (χ3v) is 4.21. The van der Waals surface area contributed by atoms with Crippen LogP contribution < -0.4 is 0 Å². The van der Waals surface area contributed by atoms with Crippen LogP contribution in [0.2, 0.25) is 0 Å². The standard InChI is InChI=1S/C10H20N2OS/c1-11-7-8-13-10(9-11)3-5-12(14-2)6-4-10/h3-9H2,1-2H3. The SMILES string of the molecule is CSN1CCC2(CC1)CN(C)CCO2. The van der Waals surface area contributed by atoms with Crippen molar-refractivity contribution >= 4 is 11.9 Å². The molecule has 14 heavy (non-hydrogen) atoms. The Bertz CT molecular complexity index is 193. The van der Waals surface area contributed by atoms with Crippen molar-refractivity contribution in [2.24, 2.45) is 0 Å². The molecule has 3 nitrogen and oxygen atoms in total. The topological polar surface area (TPSA) is 15.7 Å². The van der Waals surface area contributed by atoms with Gasteiger partial charge in [-0.25, -0.2) is 0 Å². The van der Waals surface area contributed by atoms with Gasteiger partial charge in [0, 0.05) is 26.2 Å². The Morgan fingerprint density at radius 2 is 1.93 bits per heavy atom. The number of hydrogen-bond acceptors (Lipinski definition) is 4. The minimum Gasteiger partial charge on any atom is -0.372 e. The molecule has 0 aliphatic carbocycles. The van der Waals surface area contributed by atoms with E-state index in [4.69, 9.17) is 4.74 Å². The lowest BCUT2D eigenvalue weighted by atomic mass is 9.90. The summed E-state index contributed by atoms with van der Waals surface area (Å²) in [6, 6.07) is 0. The summed E-state index contributed by atoms with van der Waals surface area (Å²) in [5.41, 5.74) is 0.180. The van der Waals surface area contributed by atoms with E-state index in [0.29, 0.717) is 0 Å². The molecule has 2 saturated heterocycles. The fourth-order valence-electron chi connectivity index (χ4n) is 2.41. The largest absolute Gasteiger partial charge is 0.372 e. The van der Waals surface area contributed by atoms with E-state index in [2.05, 4.69) is 22.5 Å². The number of rotatable bonds is 1. The third-order valence-electron chi connectivity index (χ3n) is 3.33. The molecular weight excluding hydrogens is 196 g/mol. The van der Waals surface area contributed by atoms with Gasteiger partial charge in [-0.05, 0) is 26.1 Å². The number of hydrogen-bond donors (Lipinski definition) is 0. The van der Waals surface area contributed by atoms with Gasteiger partial charge in [-0.2, -0.15) is 0 Å². The van der Waals surface area contributed by atoms with Crippen LogP contribution >= 0.6 is 11.9 Å². The minimum absolute atomic E-state index is 0.180. The van der Waals surface area contributed by atoms with Gasteiger partial charge in [0.25, 0.3) is 0 Å². The summed E-state index contributed by atoms with van der Waals surface area (Å²) < 4.78 is 8.43. The number of likely N-dealkylation sites (N-methyl/N-ethyl adjacent to an activating group) is 1. The van der Waals surface area contributed by atoms with Crippen molar-refractivity contribution in [2.45, 2.75) is 18.4 Å². The first-order chi connectivity index (χ1) is 6.74. The summed E-state index contributed by atoms with van der Waals surface area (Å²) in [4.78, 5) is 2.40. The van der Waals surface area contributed by atoms with Crippen molar-refractivity contribution in [2.75, 3.05) is 46.1 Å². The smallest absolute Gasteiger partial charge is 0.0834 e. The van der Waals surface area contributed by atoms with Gasteiger partial charge < -0.3 is 9.64 Å². The zero-order chi connectivity index (χ0) is 10.0. The molecule has 0 bridgehead atoms. The predicted molar refractivity (Wildman–Crippen MR) is 60.5 cm³/mol. The van der Waals surface area contributed by atoms with Crippen LogP contribution in [0.4, 0.5) is 0 Å². The molecule has 2 fully saturated rings. The third kappa shape index (κ3) is 2.24. The van der Waals surface area contributed by atoms with Crippen LogP contribution in [0.1, 0.15) is 12.8 Å². The first-order valence-corrected chi connectivity index (χ1v) is 6.54. The molecule has 82 valence electrons. The Kier molecular flexibility index (Phi) is 3.37. The molecule has 1 spiro atoms. The maximum atomic E-state index is 5.99. The first kappa shape index (κ1) is 10.7. The van der Waals surface area contributed by atoms with Crippen LogP contribution in [0, 0.1) is 0 Å². The van der Waals surface area contributed by atoms with Crippen molar-refractivity contribution in [1.29, 1.82) is 0 Å². The highest BCUT2D eigenvalue weighted by Crippen LogP contribution is 2.31. The van der Waals surface area contributed by atoms with Crippen molar-refractivity contribution in [1.82, 2.24) is 9.21 Å². The van der Waals surface area contributed by atoms with Crippen molar-refractivity contribution in [3.8, 4) is 0 Å². The van der Waals surface area contributed by atoms with E-state index in [0.717, 1.165) is 19.7 Å². The predicted octanol–water partition coefficient (Wildman–Crippen LogP) is 1.06. The molecule has 0 saturated carbocycles. The van der Waals surface area contributed by atoms with Crippen LogP contribution in [0.25, 0.3) is 0 Å². The zero-order valence-electron chi connectivity index (χ0n) is 9.16. The first-order valence-electron chi connectivity index (χ1n) is 5.36. The van der Waals surface area contributed by atoms with E-state index >= 15 is 0 Å².